The van der Waals surface area contributed by atoms with Crippen molar-refractivity contribution < 1.29 is 34.1 Å². The van der Waals surface area contributed by atoms with Crippen molar-refractivity contribution in [1.29, 1.82) is 0 Å². The van der Waals surface area contributed by atoms with Gasteiger partial charge in [0.25, 0.3) is 0 Å². The van der Waals surface area contributed by atoms with Crippen LogP contribution in [0.3, 0.4) is 0 Å². The Morgan fingerprint density at radius 1 is 1.20 bits per heavy atom. The highest BCUT2D eigenvalue weighted by atomic mass is 16.6. The lowest BCUT2D eigenvalue weighted by atomic mass is 10.1. The second-order valence-corrected chi connectivity index (χ2v) is 3.89. The van der Waals surface area contributed by atoms with E-state index in [1.54, 1.807) is 0 Å². The Bertz CT molecular complexity index is 385. The van der Waals surface area contributed by atoms with Crippen LogP contribution < -0.4 is 16.8 Å². The fourth-order valence-corrected chi connectivity index (χ4v) is 1.14. The van der Waals surface area contributed by atoms with E-state index in [2.05, 4.69) is 10.1 Å². The van der Waals surface area contributed by atoms with Crippen LogP contribution in [0.25, 0.3) is 0 Å². The van der Waals surface area contributed by atoms with Crippen molar-refractivity contribution in [2.45, 2.75) is 31.4 Å². The first-order chi connectivity index (χ1) is 9.23. The molecule has 0 aliphatic carbocycles. The van der Waals surface area contributed by atoms with Gasteiger partial charge in [-0.2, -0.15) is 0 Å². The minimum absolute atomic E-state index is 0.113. The molecule has 0 bridgehead atoms. The fraction of sp³-hybridized carbons (Fsp3) is 0.600. The van der Waals surface area contributed by atoms with Gasteiger partial charge in [-0.1, -0.05) is 0 Å². The van der Waals surface area contributed by atoms with Crippen LogP contribution in [0.1, 0.15) is 19.3 Å². The van der Waals surface area contributed by atoms with E-state index in [-0.39, 0.29) is 13.0 Å². The summed E-state index contributed by atoms with van der Waals surface area (Å²) in [6.45, 7) is 0.200. The van der Waals surface area contributed by atoms with Crippen molar-refractivity contribution in [3.63, 3.8) is 0 Å². The maximum atomic E-state index is 11.3. The molecule has 7 N–H and O–H groups in total. The number of aliphatic hydroxyl groups is 1. The standard InChI is InChI=1S/C10H17N3O7/c11-5(2-1-3-13-10(12)19)8(17)20-9(18)6(14)4-7(15)16/h5-6,14H,1-4,11H2,(H,15,16)(H3,12,13,19)/t5-,6?/m0/s1. The number of nitrogens with two attached hydrogens (primary N) is 2. The molecule has 0 rings (SSSR count). The number of urea groups is 1. The summed E-state index contributed by atoms with van der Waals surface area (Å²) in [4.78, 5) is 43.1. The molecule has 10 nitrogen and oxygen atoms in total. The van der Waals surface area contributed by atoms with Gasteiger partial charge in [-0.05, 0) is 12.8 Å². The highest BCUT2D eigenvalue weighted by Crippen LogP contribution is 2.01. The average molecular weight is 291 g/mol. The van der Waals surface area contributed by atoms with E-state index in [9.17, 15) is 19.2 Å². The van der Waals surface area contributed by atoms with Crippen LogP contribution in [0.15, 0.2) is 0 Å². The normalized spacial score (nSPS) is 13.1. The number of hydrogen-bond acceptors (Lipinski definition) is 7. The van der Waals surface area contributed by atoms with E-state index >= 15 is 0 Å². The van der Waals surface area contributed by atoms with Crippen molar-refractivity contribution in [3.05, 3.63) is 0 Å². The molecule has 114 valence electrons. The number of hydrogen-bond donors (Lipinski definition) is 5. The number of amides is 2. The van der Waals surface area contributed by atoms with E-state index in [1.807, 2.05) is 0 Å². The van der Waals surface area contributed by atoms with Gasteiger partial charge >= 0.3 is 23.9 Å². The molecule has 0 spiro atoms. The van der Waals surface area contributed by atoms with Crippen molar-refractivity contribution in [3.8, 4) is 0 Å². The number of ether oxygens (including phenoxy) is 1. The predicted octanol–water partition coefficient (Wildman–Crippen LogP) is -2.33. The van der Waals surface area contributed by atoms with Gasteiger partial charge in [-0.25, -0.2) is 14.4 Å². The lowest BCUT2D eigenvalue weighted by molar-refractivity contribution is -0.169. The Morgan fingerprint density at radius 2 is 1.80 bits per heavy atom. The molecule has 0 saturated heterocycles. The molecule has 0 heterocycles. The second-order valence-electron chi connectivity index (χ2n) is 3.89. The molecule has 0 radical (unpaired) electrons. The van der Waals surface area contributed by atoms with Crippen LogP contribution >= 0.6 is 0 Å². The van der Waals surface area contributed by atoms with Crippen molar-refractivity contribution in [2.75, 3.05) is 6.54 Å². The molecule has 0 aliphatic rings. The molecule has 2 atom stereocenters. The van der Waals surface area contributed by atoms with E-state index in [4.69, 9.17) is 21.7 Å². The van der Waals surface area contributed by atoms with Gasteiger partial charge in [0.05, 0.1) is 6.42 Å². The zero-order chi connectivity index (χ0) is 15.7. The van der Waals surface area contributed by atoms with Crippen LogP contribution in [-0.2, 0) is 19.1 Å². The molecule has 0 aromatic carbocycles. The Kier molecular flexibility index (Phi) is 7.85. The number of carboxylic acids is 1. The maximum Gasteiger partial charge on any atom is 0.343 e. The molecule has 20 heavy (non-hydrogen) atoms. The van der Waals surface area contributed by atoms with Crippen LogP contribution in [0.2, 0.25) is 0 Å². The smallest absolute Gasteiger partial charge is 0.343 e. The largest absolute Gasteiger partial charge is 0.481 e. The summed E-state index contributed by atoms with van der Waals surface area (Å²) >= 11 is 0. The van der Waals surface area contributed by atoms with Gasteiger partial charge in [0.2, 0.25) is 0 Å². The monoisotopic (exact) mass is 291 g/mol. The van der Waals surface area contributed by atoms with Gasteiger partial charge in [0, 0.05) is 6.54 Å². The number of nitrogens with one attached hydrogen (secondary N) is 1. The lowest BCUT2D eigenvalue weighted by Gasteiger charge is -2.12. The predicted molar refractivity (Wildman–Crippen MR) is 64.2 cm³/mol. The molecular weight excluding hydrogens is 274 g/mol. The van der Waals surface area contributed by atoms with Gasteiger partial charge in [0.15, 0.2) is 6.10 Å². The minimum atomic E-state index is -1.93. The number of esters is 2. The van der Waals surface area contributed by atoms with E-state index < -0.39 is 42.5 Å². The summed E-state index contributed by atoms with van der Waals surface area (Å²) in [7, 11) is 0. The number of rotatable bonds is 8. The van der Waals surface area contributed by atoms with Gasteiger partial charge in [0.1, 0.15) is 6.04 Å². The summed E-state index contributed by atoms with van der Waals surface area (Å²) in [5, 5.41) is 19.7. The Labute approximate surface area is 114 Å². The van der Waals surface area contributed by atoms with E-state index in [0.717, 1.165) is 0 Å². The third-order valence-electron chi connectivity index (χ3n) is 2.14. The minimum Gasteiger partial charge on any atom is -0.481 e. The molecular formula is C10H17N3O7. The number of aliphatic carboxylic acids is 1. The molecule has 0 aromatic heterocycles. The maximum absolute atomic E-state index is 11.3. The average Bonchev–Trinajstić information content (AvgIpc) is 2.32. The quantitative estimate of drug-likeness (QED) is 0.187. The SMILES string of the molecule is NC(=O)NCCC[C@H](N)C(=O)OC(=O)C(O)CC(=O)O. The number of carbonyl (C=O) groups is 4. The van der Waals surface area contributed by atoms with Crippen LogP contribution in [-0.4, -0.2) is 52.8 Å². The van der Waals surface area contributed by atoms with Crippen LogP contribution in [0, 0.1) is 0 Å². The van der Waals surface area contributed by atoms with Crippen molar-refractivity contribution in [1.82, 2.24) is 5.32 Å². The molecule has 1 unspecified atom stereocenters. The highest BCUT2D eigenvalue weighted by Gasteiger charge is 2.25. The number of primary amides is 1. The Balaban J connectivity index is 4.03. The molecule has 0 aromatic rings. The molecule has 0 saturated carbocycles. The first-order valence-corrected chi connectivity index (χ1v) is 5.68. The molecule has 0 fully saturated rings. The zero-order valence-corrected chi connectivity index (χ0v) is 10.6. The third kappa shape index (κ3) is 8.00. The Hall–Kier alpha value is -2.20. The number of carbonyl (C=O) groups excluding carboxylic acids is 3. The number of carboxylic acid groups (broad SMARTS) is 1. The summed E-state index contributed by atoms with van der Waals surface area (Å²) < 4.78 is 4.22. The van der Waals surface area contributed by atoms with Gasteiger partial charge in [-0.3, -0.25) is 4.79 Å². The zero-order valence-electron chi connectivity index (χ0n) is 10.6. The summed E-state index contributed by atoms with van der Waals surface area (Å²) in [5.41, 5.74) is 10.2. The molecule has 0 aliphatic heterocycles. The van der Waals surface area contributed by atoms with Crippen molar-refractivity contribution in [2.24, 2.45) is 11.5 Å². The Morgan fingerprint density at radius 3 is 2.30 bits per heavy atom. The van der Waals surface area contributed by atoms with Crippen LogP contribution in [0.5, 0.6) is 0 Å². The van der Waals surface area contributed by atoms with Gasteiger partial charge in [-0.15, -0.1) is 0 Å². The van der Waals surface area contributed by atoms with E-state index in [1.165, 1.54) is 0 Å². The van der Waals surface area contributed by atoms with E-state index in [0.29, 0.717) is 6.42 Å². The summed E-state index contributed by atoms with van der Waals surface area (Å²) in [5.74, 6) is -3.87. The third-order valence-corrected chi connectivity index (χ3v) is 2.14. The fourth-order valence-electron chi connectivity index (χ4n) is 1.14. The first kappa shape index (κ1) is 17.8. The summed E-state index contributed by atoms with van der Waals surface area (Å²) in [6, 6.07) is -1.85. The molecule has 10 heteroatoms. The second kappa shape index (κ2) is 8.82. The molecule has 2 amide bonds. The highest BCUT2D eigenvalue weighted by molar-refractivity contribution is 5.91. The van der Waals surface area contributed by atoms with Crippen molar-refractivity contribution >= 4 is 23.9 Å². The summed E-state index contributed by atoms with van der Waals surface area (Å²) in [6.07, 6.45) is -2.36. The van der Waals surface area contributed by atoms with Crippen LogP contribution in [0.4, 0.5) is 4.79 Å². The number of aliphatic hydroxyl groups excluding tert-OH is 1. The topological polar surface area (TPSA) is 182 Å². The van der Waals surface area contributed by atoms with Gasteiger partial charge < -0.3 is 31.7 Å². The lowest BCUT2D eigenvalue weighted by Crippen LogP contribution is -2.38. The first-order valence-electron chi connectivity index (χ1n) is 5.68.